The molecule has 0 radical (unpaired) electrons. The van der Waals surface area contributed by atoms with E-state index < -0.39 is 7.26 Å². The first-order chi connectivity index (χ1) is 18.3. The van der Waals surface area contributed by atoms with Gasteiger partial charge in [-0.3, -0.25) is 4.98 Å². The van der Waals surface area contributed by atoms with Crippen molar-refractivity contribution in [2.24, 2.45) is 0 Å². The summed E-state index contributed by atoms with van der Waals surface area (Å²) < 4.78 is 10.9. The number of carbonyl (C=O) groups excluding carboxylic acids is 1. The first-order valence-corrected chi connectivity index (χ1v) is 14.9. The smallest absolute Gasteiger partial charge is 0.339 e. The molecule has 0 N–H and O–H groups in total. The molecule has 37 heavy (non-hydrogen) atoms. The van der Waals surface area contributed by atoms with Crippen molar-refractivity contribution in [2.45, 2.75) is 25.7 Å². The minimum absolute atomic E-state index is 0.252. The molecule has 5 heteroatoms. The molecule has 0 aliphatic carbocycles. The van der Waals surface area contributed by atoms with Gasteiger partial charge in [0.1, 0.15) is 17.2 Å². The molecule has 4 rings (SSSR count). The molecular formula is C32H34NO3P. The number of unbranched alkanes of at least 4 members (excludes halogenated alkanes) is 3. The highest BCUT2D eigenvalue weighted by atomic mass is 31.2. The third-order valence-electron chi connectivity index (χ3n) is 6.39. The maximum absolute atomic E-state index is 11.9. The Morgan fingerprint density at radius 1 is 0.730 bits per heavy atom. The quantitative estimate of drug-likeness (QED) is 0.0956. The van der Waals surface area contributed by atoms with Gasteiger partial charge in [0.25, 0.3) is 0 Å². The third kappa shape index (κ3) is 7.35. The summed E-state index contributed by atoms with van der Waals surface area (Å²) in [5, 5.41) is 4.14. The number of carbonyl (C=O) groups is 1. The van der Waals surface area contributed by atoms with E-state index in [1.54, 1.807) is 18.3 Å². The van der Waals surface area contributed by atoms with Gasteiger partial charge in [-0.15, -0.1) is 12.1 Å². The minimum Gasteiger partial charge on any atom is -0.460 e. The second-order valence-corrected chi connectivity index (χ2v) is 12.4. The highest BCUT2D eigenvalue weighted by Gasteiger charge is 2.41. The molecule has 0 unspecified atom stereocenters. The molecule has 0 spiro atoms. The number of esters is 1. The van der Waals surface area contributed by atoms with Gasteiger partial charge in [0.15, 0.2) is 0 Å². The van der Waals surface area contributed by atoms with Crippen LogP contribution in [0.25, 0.3) is 0 Å². The van der Waals surface area contributed by atoms with Crippen LogP contribution < -0.4 is 15.9 Å². The number of nitrogens with zero attached hydrogens (tertiary/aromatic N) is 1. The van der Waals surface area contributed by atoms with Crippen molar-refractivity contribution >= 4 is 29.1 Å². The molecular weight excluding hydrogens is 477 g/mol. The largest absolute Gasteiger partial charge is 0.460 e. The van der Waals surface area contributed by atoms with Gasteiger partial charge in [-0.05, 0) is 61.0 Å². The summed E-state index contributed by atoms with van der Waals surface area (Å²) in [6, 6.07) is 37.4. The van der Waals surface area contributed by atoms with Crippen molar-refractivity contribution in [1.82, 2.24) is 4.98 Å². The zero-order valence-corrected chi connectivity index (χ0v) is 22.1. The number of hydrogen-bond acceptors (Lipinski definition) is 4. The van der Waals surface area contributed by atoms with Gasteiger partial charge in [0, 0.05) is 19.0 Å². The molecule has 0 amide bonds. The zero-order chi connectivity index (χ0) is 25.6. The molecule has 190 valence electrons. The SMILES string of the molecule is O=C(OCCOCCCCCC[P+](c1[c-]cccc1)(c1ccccc1)c1ccccc1)c1cccnc1. The summed E-state index contributed by atoms with van der Waals surface area (Å²) in [6.07, 6.45) is 8.65. The molecule has 0 aliphatic heterocycles. The first-order valence-electron chi connectivity index (χ1n) is 12.9. The van der Waals surface area contributed by atoms with Gasteiger partial charge < -0.3 is 9.47 Å². The Kier molecular flexibility index (Phi) is 10.4. The molecule has 4 nitrogen and oxygen atoms in total. The van der Waals surface area contributed by atoms with Crippen LogP contribution in [0.4, 0.5) is 0 Å². The Bertz CT molecular complexity index is 1090. The number of rotatable bonds is 14. The number of pyridine rings is 1. The monoisotopic (exact) mass is 511 g/mol. The Morgan fingerprint density at radius 2 is 1.43 bits per heavy atom. The summed E-state index contributed by atoms with van der Waals surface area (Å²) in [6.45, 7) is 1.34. The zero-order valence-electron chi connectivity index (χ0n) is 21.2. The standard InChI is InChI=1S/C32H34NO3P/c34-32(28-15-14-22-33-27-28)36-25-24-35-23-12-1-2-13-26-37(29-16-6-3-7-17-29,30-18-8-4-9-19-30)31-20-10-5-11-21-31/h3-11,14-20,22,27H,1-2,12-13,23-26H2. The Labute approximate surface area is 221 Å². The summed E-state index contributed by atoms with van der Waals surface area (Å²) in [5.41, 5.74) is 0.459. The Hall–Kier alpha value is -3.33. The molecule has 0 saturated heterocycles. The van der Waals surface area contributed by atoms with E-state index in [1.165, 1.54) is 22.1 Å². The maximum atomic E-state index is 11.9. The van der Waals surface area contributed by atoms with Gasteiger partial charge in [-0.25, -0.2) is 4.79 Å². The molecule has 3 aromatic carbocycles. The fraction of sp³-hybridized carbons (Fsp3) is 0.250. The minimum atomic E-state index is -1.80. The van der Waals surface area contributed by atoms with E-state index in [4.69, 9.17) is 9.47 Å². The molecule has 0 aliphatic rings. The van der Waals surface area contributed by atoms with Gasteiger partial charge in [0.05, 0.1) is 25.6 Å². The lowest BCUT2D eigenvalue weighted by Crippen LogP contribution is -2.33. The number of benzene rings is 3. The van der Waals surface area contributed by atoms with E-state index in [0.717, 1.165) is 31.8 Å². The average Bonchev–Trinajstić information content (AvgIpc) is 2.98. The van der Waals surface area contributed by atoms with E-state index >= 15 is 0 Å². The summed E-state index contributed by atoms with van der Waals surface area (Å²) in [4.78, 5) is 15.9. The Morgan fingerprint density at radius 3 is 2.08 bits per heavy atom. The van der Waals surface area contributed by atoms with Crippen LogP contribution in [0.3, 0.4) is 0 Å². The highest BCUT2D eigenvalue weighted by Crippen LogP contribution is 2.55. The van der Waals surface area contributed by atoms with E-state index in [2.05, 4.69) is 83.8 Å². The molecule has 4 aromatic rings. The molecule has 0 saturated carbocycles. The maximum Gasteiger partial charge on any atom is 0.339 e. The second kappa shape index (κ2) is 14.4. The van der Waals surface area contributed by atoms with Crippen LogP contribution in [-0.4, -0.2) is 36.9 Å². The van der Waals surface area contributed by atoms with Crippen LogP contribution in [0.2, 0.25) is 0 Å². The number of aromatic nitrogens is 1. The topological polar surface area (TPSA) is 48.4 Å². The normalized spacial score (nSPS) is 11.2. The van der Waals surface area contributed by atoms with Gasteiger partial charge in [0.2, 0.25) is 0 Å². The van der Waals surface area contributed by atoms with Crippen molar-refractivity contribution in [1.29, 1.82) is 0 Å². The number of hydrogen-bond donors (Lipinski definition) is 0. The lowest BCUT2D eigenvalue weighted by atomic mass is 10.2. The highest BCUT2D eigenvalue weighted by molar-refractivity contribution is 7.95. The summed E-state index contributed by atoms with van der Waals surface area (Å²) >= 11 is 0. The predicted molar refractivity (Wildman–Crippen MR) is 153 cm³/mol. The van der Waals surface area contributed by atoms with Gasteiger partial charge >= 0.3 is 5.97 Å². The molecule has 0 atom stereocenters. The van der Waals surface area contributed by atoms with E-state index in [-0.39, 0.29) is 12.6 Å². The van der Waals surface area contributed by atoms with Crippen molar-refractivity contribution in [3.05, 3.63) is 121 Å². The van der Waals surface area contributed by atoms with E-state index in [0.29, 0.717) is 18.8 Å². The van der Waals surface area contributed by atoms with Crippen molar-refractivity contribution in [3.63, 3.8) is 0 Å². The van der Waals surface area contributed by atoms with E-state index in [1.807, 2.05) is 12.1 Å². The lowest BCUT2D eigenvalue weighted by molar-refractivity contribution is 0.0312. The van der Waals surface area contributed by atoms with Gasteiger partial charge in [-0.2, -0.15) is 18.2 Å². The van der Waals surface area contributed by atoms with Crippen molar-refractivity contribution < 1.29 is 14.3 Å². The molecule has 0 bridgehead atoms. The van der Waals surface area contributed by atoms with Crippen molar-refractivity contribution in [2.75, 3.05) is 26.0 Å². The van der Waals surface area contributed by atoms with Crippen LogP contribution in [0, 0.1) is 6.07 Å². The fourth-order valence-electron chi connectivity index (χ4n) is 4.56. The fourth-order valence-corrected chi connectivity index (χ4v) is 8.87. The molecule has 1 aromatic heterocycles. The van der Waals surface area contributed by atoms with Crippen LogP contribution in [-0.2, 0) is 9.47 Å². The van der Waals surface area contributed by atoms with E-state index in [9.17, 15) is 4.79 Å². The second-order valence-electron chi connectivity index (χ2n) is 8.86. The molecule has 1 heterocycles. The van der Waals surface area contributed by atoms with Crippen LogP contribution in [0.15, 0.2) is 109 Å². The van der Waals surface area contributed by atoms with Gasteiger partial charge in [-0.1, -0.05) is 42.8 Å². The summed E-state index contributed by atoms with van der Waals surface area (Å²) in [7, 11) is -1.80. The number of ether oxygens (including phenoxy) is 2. The lowest BCUT2D eigenvalue weighted by Gasteiger charge is -2.30. The third-order valence-corrected chi connectivity index (χ3v) is 10.8. The van der Waals surface area contributed by atoms with Crippen molar-refractivity contribution in [3.8, 4) is 0 Å². The summed E-state index contributed by atoms with van der Waals surface area (Å²) in [5.74, 6) is -0.365. The molecule has 0 fully saturated rings. The average molecular weight is 512 g/mol. The van der Waals surface area contributed by atoms with Crippen LogP contribution in [0.5, 0.6) is 0 Å². The van der Waals surface area contributed by atoms with Crippen LogP contribution in [0.1, 0.15) is 36.0 Å². The predicted octanol–water partition coefficient (Wildman–Crippen LogP) is 5.61. The first kappa shape index (κ1) is 26.7. The Balaban J connectivity index is 1.27. The van der Waals surface area contributed by atoms with Crippen LogP contribution >= 0.6 is 7.26 Å².